The Hall–Kier alpha value is -6.44. The van der Waals surface area contributed by atoms with Crippen LogP contribution in [0.25, 0.3) is 22.0 Å². The number of hydrogen-bond donors (Lipinski definition) is 6. The van der Waals surface area contributed by atoms with Crippen LogP contribution in [0.3, 0.4) is 0 Å². The van der Waals surface area contributed by atoms with Crippen LogP contribution in [-0.2, 0) is 20.7 Å². The Balaban J connectivity index is 0.000000425. The number of halogens is 7. The molecule has 2 atom stereocenters. The molecule has 8 N–H and O–H groups in total. The van der Waals surface area contributed by atoms with Crippen LogP contribution in [-0.4, -0.2) is 74.7 Å². The van der Waals surface area contributed by atoms with Crippen molar-refractivity contribution in [1.29, 1.82) is 0 Å². The number of nitrogens with zero attached hydrogens (tertiary/aromatic N) is 2. The number of pyridine rings is 1. The number of aliphatic carboxylic acids is 2. The topological polar surface area (TPSA) is 216 Å². The Labute approximate surface area is 312 Å². The van der Waals surface area contributed by atoms with E-state index in [0.717, 1.165) is 22.0 Å². The summed E-state index contributed by atoms with van der Waals surface area (Å²) >= 11 is 0. The summed E-state index contributed by atoms with van der Waals surface area (Å²) in [6, 6.07) is 17.4. The number of H-pyrrole nitrogens is 1. The molecule has 1 fully saturated rings. The number of aromatic amines is 1. The molecule has 2 aromatic heterocycles. The lowest BCUT2D eigenvalue weighted by Crippen LogP contribution is -2.21. The number of aromatic nitrogens is 3. The van der Waals surface area contributed by atoms with Crippen molar-refractivity contribution in [2.45, 2.75) is 44.3 Å². The van der Waals surface area contributed by atoms with Gasteiger partial charge < -0.3 is 41.5 Å². The van der Waals surface area contributed by atoms with Gasteiger partial charge in [0, 0.05) is 40.4 Å². The fourth-order valence-corrected chi connectivity index (χ4v) is 5.27. The van der Waals surface area contributed by atoms with E-state index in [0.29, 0.717) is 60.1 Å². The van der Waals surface area contributed by atoms with Gasteiger partial charge in [-0.25, -0.2) is 23.9 Å². The molecule has 1 amide bonds. The number of carboxylic acid groups (broad SMARTS) is 2. The standard InChI is InChI=1S/C32H31FN6O3.2C2HF3O2/c1-2-18-13-25(28(33)27(14-18)42-21-10-12-41-17-21)29(38-20-7-8-22-19(15-20)9-11-36-30(22)34)32-37-16-26(39-32)23-5-3-4-6-24(23)31(35)40;2*3-2(4,5)1(6)7/h3-9,11,13-16,21,29,38H,2,10,12,17H2,1H3,(H2,34,36)(H2,35,40)(H,37,39);2*(H,6,7)/t21-,29?;;/m1../s1. The van der Waals surface area contributed by atoms with Crippen molar-refractivity contribution < 1.29 is 64.8 Å². The van der Waals surface area contributed by atoms with Crippen molar-refractivity contribution in [2.24, 2.45) is 5.73 Å². The van der Waals surface area contributed by atoms with Crippen LogP contribution in [0.1, 0.15) is 46.7 Å². The highest BCUT2D eigenvalue weighted by Crippen LogP contribution is 2.36. The summed E-state index contributed by atoms with van der Waals surface area (Å²) < 4.78 is 91.4. The zero-order valence-corrected chi connectivity index (χ0v) is 29.0. The maximum Gasteiger partial charge on any atom is 0.490 e. The smallest absolute Gasteiger partial charge is 0.485 e. The molecule has 3 heterocycles. The highest BCUT2D eigenvalue weighted by Gasteiger charge is 2.39. The Bertz CT molecular complexity index is 2160. The van der Waals surface area contributed by atoms with Gasteiger partial charge in [0.05, 0.1) is 25.1 Å². The molecule has 0 spiro atoms. The minimum absolute atomic E-state index is 0.176. The van der Waals surface area contributed by atoms with Crippen molar-refractivity contribution in [1.82, 2.24) is 15.0 Å². The molecule has 0 saturated carbocycles. The molecule has 56 heavy (non-hydrogen) atoms. The minimum atomic E-state index is -5.08. The lowest BCUT2D eigenvalue weighted by atomic mass is 9.99. The number of amides is 1. The van der Waals surface area contributed by atoms with Crippen LogP contribution in [0.15, 0.2) is 73.1 Å². The number of benzene rings is 3. The highest BCUT2D eigenvalue weighted by molar-refractivity contribution is 5.99. The molecular formula is C36H33F7N6O7. The van der Waals surface area contributed by atoms with Gasteiger partial charge in [0.15, 0.2) is 11.6 Å². The third-order valence-corrected chi connectivity index (χ3v) is 7.97. The molecule has 0 bridgehead atoms. The summed E-state index contributed by atoms with van der Waals surface area (Å²) in [5.74, 6) is -5.50. The summed E-state index contributed by atoms with van der Waals surface area (Å²) in [5.41, 5.74) is 15.2. The SMILES string of the molecule is CCc1cc(O[C@@H]2CCOC2)c(F)c(C(Nc2ccc3c(N)nccc3c2)c2ncc(-c3ccccc3C(N)=O)[nH]2)c1.O=C(O)C(F)(F)F.O=C(O)C(F)(F)F. The van der Waals surface area contributed by atoms with Gasteiger partial charge in [-0.05, 0) is 53.8 Å². The molecule has 0 aliphatic carbocycles. The third kappa shape index (κ3) is 10.8. The number of carbonyl (C=O) groups is 3. The molecule has 20 heteroatoms. The van der Waals surface area contributed by atoms with Crippen LogP contribution in [0.5, 0.6) is 5.75 Å². The molecule has 1 aliphatic rings. The second kappa shape index (κ2) is 17.8. The van der Waals surface area contributed by atoms with Crippen molar-refractivity contribution >= 4 is 40.1 Å². The summed E-state index contributed by atoms with van der Waals surface area (Å²) in [6.07, 6.45) is -5.74. The van der Waals surface area contributed by atoms with E-state index < -0.39 is 42.1 Å². The number of nitrogen functional groups attached to an aromatic ring is 1. The van der Waals surface area contributed by atoms with E-state index in [-0.39, 0.29) is 11.9 Å². The Morgan fingerprint density at radius 3 is 2.25 bits per heavy atom. The molecular weight excluding hydrogens is 761 g/mol. The number of imidazole rings is 1. The summed E-state index contributed by atoms with van der Waals surface area (Å²) in [6.45, 7) is 3.01. The first-order valence-electron chi connectivity index (χ1n) is 16.3. The van der Waals surface area contributed by atoms with E-state index in [4.69, 9.17) is 40.7 Å². The monoisotopic (exact) mass is 794 g/mol. The predicted octanol–water partition coefficient (Wildman–Crippen LogP) is 6.64. The number of rotatable bonds is 9. The summed E-state index contributed by atoms with van der Waals surface area (Å²) in [4.78, 5) is 42.0. The lowest BCUT2D eigenvalue weighted by molar-refractivity contribution is -0.193. The van der Waals surface area contributed by atoms with Gasteiger partial charge in [-0.2, -0.15) is 26.3 Å². The highest BCUT2D eigenvalue weighted by atomic mass is 19.4. The number of hydrogen-bond acceptors (Lipinski definition) is 9. The Morgan fingerprint density at radius 1 is 1.00 bits per heavy atom. The number of ether oxygens (including phenoxy) is 2. The number of nitrogens with one attached hydrogen (secondary N) is 2. The number of aryl methyl sites for hydroxylation is 1. The number of alkyl halides is 6. The van der Waals surface area contributed by atoms with E-state index in [2.05, 4.69) is 20.3 Å². The molecule has 1 aliphatic heterocycles. The van der Waals surface area contributed by atoms with Crippen molar-refractivity contribution in [2.75, 3.05) is 24.3 Å². The lowest BCUT2D eigenvalue weighted by Gasteiger charge is -2.23. The molecule has 5 aromatic rings. The van der Waals surface area contributed by atoms with Gasteiger partial charge >= 0.3 is 24.3 Å². The minimum Gasteiger partial charge on any atom is -0.485 e. The maximum absolute atomic E-state index is 16.4. The zero-order chi connectivity index (χ0) is 41.4. The number of nitrogens with two attached hydrogens (primary N) is 2. The molecule has 13 nitrogen and oxygen atoms in total. The average Bonchev–Trinajstić information content (AvgIpc) is 3.84. The fraction of sp³-hybridized carbons (Fsp3) is 0.250. The Morgan fingerprint density at radius 2 is 1.66 bits per heavy atom. The van der Waals surface area contributed by atoms with Gasteiger partial charge in [0.25, 0.3) is 0 Å². The number of carboxylic acids is 2. The molecule has 0 radical (unpaired) electrons. The predicted molar refractivity (Wildman–Crippen MR) is 187 cm³/mol. The number of carbonyl (C=O) groups excluding carboxylic acids is 1. The average molecular weight is 795 g/mol. The quantitative estimate of drug-likeness (QED) is 0.0870. The van der Waals surface area contributed by atoms with Crippen LogP contribution in [0.2, 0.25) is 0 Å². The van der Waals surface area contributed by atoms with E-state index in [1.165, 1.54) is 0 Å². The van der Waals surface area contributed by atoms with Crippen LogP contribution in [0.4, 0.5) is 42.2 Å². The van der Waals surface area contributed by atoms with E-state index >= 15 is 4.39 Å². The molecule has 1 saturated heterocycles. The summed E-state index contributed by atoms with van der Waals surface area (Å²) in [5, 5.41) is 19.4. The first-order chi connectivity index (χ1) is 26.3. The number of anilines is 2. The number of primary amides is 1. The fourth-order valence-electron chi connectivity index (χ4n) is 5.27. The number of fused-ring (bicyclic) bond motifs is 1. The van der Waals surface area contributed by atoms with Gasteiger partial charge in [-0.3, -0.25) is 4.79 Å². The first kappa shape index (κ1) is 42.3. The molecule has 1 unspecified atom stereocenters. The first-order valence-corrected chi connectivity index (χ1v) is 16.3. The zero-order valence-electron chi connectivity index (χ0n) is 29.0. The van der Waals surface area contributed by atoms with Crippen molar-refractivity contribution in [3.05, 3.63) is 101 Å². The van der Waals surface area contributed by atoms with Gasteiger partial charge in [0.2, 0.25) is 5.91 Å². The van der Waals surface area contributed by atoms with Gasteiger partial charge in [-0.15, -0.1) is 0 Å². The second-order valence-electron chi connectivity index (χ2n) is 11.9. The Kier molecular flexibility index (Phi) is 13.4. The van der Waals surface area contributed by atoms with Crippen LogP contribution >= 0.6 is 0 Å². The molecule has 298 valence electrons. The van der Waals surface area contributed by atoms with Crippen LogP contribution < -0.4 is 21.5 Å². The largest absolute Gasteiger partial charge is 0.490 e. The van der Waals surface area contributed by atoms with Gasteiger partial charge in [-0.1, -0.05) is 31.2 Å². The maximum atomic E-state index is 16.4. The second-order valence-corrected chi connectivity index (χ2v) is 11.9. The van der Waals surface area contributed by atoms with E-state index in [1.807, 2.05) is 43.3 Å². The van der Waals surface area contributed by atoms with Crippen molar-refractivity contribution in [3.63, 3.8) is 0 Å². The van der Waals surface area contributed by atoms with Crippen LogP contribution in [0, 0.1) is 5.82 Å². The molecule has 6 rings (SSSR count). The van der Waals surface area contributed by atoms with Gasteiger partial charge in [0.1, 0.15) is 23.8 Å². The summed E-state index contributed by atoms with van der Waals surface area (Å²) in [7, 11) is 0. The normalized spacial score (nSPS) is 14.5. The van der Waals surface area contributed by atoms with E-state index in [9.17, 15) is 31.1 Å². The third-order valence-electron chi connectivity index (χ3n) is 7.97. The molecule has 3 aromatic carbocycles. The van der Waals surface area contributed by atoms with Crippen molar-refractivity contribution in [3.8, 4) is 17.0 Å². The van der Waals surface area contributed by atoms with E-state index in [1.54, 1.807) is 36.7 Å².